The van der Waals surface area contributed by atoms with Gasteiger partial charge in [0.15, 0.2) is 5.11 Å². The Morgan fingerprint density at radius 3 is 2.75 bits per heavy atom. The quantitative estimate of drug-likeness (QED) is 0.580. The topological polar surface area (TPSA) is 65.5 Å². The molecule has 1 atom stereocenters. The third-order valence-electron chi connectivity index (χ3n) is 4.84. The highest BCUT2D eigenvalue weighted by Crippen LogP contribution is 2.36. The molecule has 0 saturated carbocycles. The Hall–Kier alpha value is -2.22. The van der Waals surface area contributed by atoms with Crippen LogP contribution in [-0.2, 0) is 4.79 Å². The van der Waals surface area contributed by atoms with E-state index in [0.29, 0.717) is 21.5 Å². The number of piperidine rings is 1. The number of benzene rings is 1. The normalized spacial score (nSPS) is 19.0. The Morgan fingerprint density at radius 1 is 1.21 bits per heavy atom. The maximum absolute atomic E-state index is 12.8. The molecule has 2 fully saturated rings. The average molecular weight is 435 g/mol. The van der Waals surface area contributed by atoms with Crippen LogP contribution in [0.25, 0.3) is 0 Å². The van der Waals surface area contributed by atoms with Crippen molar-refractivity contribution >= 4 is 63.7 Å². The molecule has 2 aromatic rings. The minimum Gasteiger partial charge on any atom is -0.336 e. The first-order valence-electron chi connectivity index (χ1n) is 8.84. The predicted octanol–water partition coefficient (Wildman–Crippen LogP) is 4.13. The average Bonchev–Trinajstić information content (AvgIpc) is 2.93. The highest BCUT2D eigenvalue weighted by molar-refractivity contribution is 7.80. The lowest BCUT2D eigenvalue weighted by Crippen LogP contribution is -2.38. The number of carbonyl (C=O) groups is 2. The number of nitrogens with zero attached hydrogens (tertiary/aromatic N) is 3. The molecule has 2 amide bonds. The van der Waals surface area contributed by atoms with E-state index in [-0.39, 0.29) is 22.8 Å². The van der Waals surface area contributed by atoms with Crippen molar-refractivity contribution in [3.05, 3.63) is 52.3 Å². The predicted molar refractivity (Wildman–Crippen MR) is 113 cm³/mol. The molecule has 0 spiro atoms. The lowest BCUT2D eigenvalue weighted by molar-refractivity contribution is -0.120. The van der Waals surface area contributed by atoms with Gasteiger partial charge in [-0.3, -0.25) is 14.5 Å². The molecule has 2 saturated heterocycles. The second-order valence-corrected chi connectivity index (χ2v) is 7.79. The largest absolute Gasteiger partial charge is 0.336 e. The molecule has 0 bridgehead atoms. The van der Waals surface area contributed by atoms with E-state index in [1.54, 1.807) is 36.4 Å². The fourth-order valence-electron chi connectivity index (χ4n) is 3.51. The zero-order valence-electron chi connectivity index (χ0n) is 14.7. The number of aromatic nitrogens is 1. The standard InChI is InChI=1S/C19H16Cl2N4O2S/c20-12-10-11(22-17(26)13-4-3-6-16(21)23-13)7-8-14(12)25-18(27)15-5-1-2-9-24(15)19(25)28/h3-4,6-8,10,15H,1-2,5,9H2,(H,22,26). The number of anilines is 2. The summed E-state index contributed by atoms with van der Waals surface area (Å²) in [5.41, 5.74) is 1.20. The van der Waals surface area contributed by atoms with Gasteiger partial charge in [-0.1, -0.05) is 29.3 Å². The van der Waals surface area contributed by atoms with Gasteiger partial charge in [0.1, 0.15) is 16.9 Å². The summed E-state index contributed by atoms with van der Waals surface area (Å²) < 4.78 is 0. The molecule has 2 aliphatic rings. The Bertz CT molecular complexity index is 960. The van der Waals surface area contributed by atoms with Gasteiger partial charge < -0.3 is 10.2 Å². The molecule has 1 aromatic heterocycles. The second-order valence-electron chi connectivity index (χ2n) is 6.63. The first-order chi connectivity index (χ1) is 13.5. The van der Waals surface area contributed by atoms with Gasteiger partial charge in [0, 0.05) is 12.2 Å². The molecular weight excluding hydrogens is 419 g/mol. The molecule has 4 rings (SSSR count). The lowest BCUT2D eigenvalue weighted by atomic mass is 10.0. The van der Waals surface area contributed by atoms with Crippen LogP contribution in [0.2, 0.25) is 10.2 Å². The summed E-state index contributed by atoms with van der Waals surface area (Å²) in [5.74, 6) is -0.456. The molecule has 1 unspecified atom stereocenters. The Balaban J connectivity index is 1.56. The summed E-state index contributed by atoms with van der Waals surface area (Å²) >= 11 is 17.8. The molecule has 144 valence electrons. The Labute approximate surface area is 177 Å². The van der Waals surface area contributed by atoms with Gasteiger partial charge in [0.05, 0.1) is 10.7 Å². The molecule has 3 heterocycles. The number of hydrogen-bond acceptors (Lipinski definition) is 4. The van der Waals surface area contributed by atoms with Crippen molar-refractivity contribution in [2.45, 2.75) is 25.3 Å². The van der Waals surface area contributed by atoms with Gasteiger partial charge in [0.25, 0.3) is 11.8 Å². The van der Waals surface area contributed by atoms with Crippen LogP contribution in [0, 0.1) is 0 Å². The number of hydrogen-bond donors (Lipinski definition) is 1. The number of halogens is 2. The molecule has 1 N–H and O–H groups in total. The van der Waals surface area contributed by atoms with Gasteiger partial charge in [0.2, 0.25) is 0 Å². The van der Waals surface area contributed by atoms with Gasteiger partial charge >= 0.3 is 0 Å². The Morgan fingerprint density at radius 2 is 2.04 bits per heavy atom. The highest BCUT2D eigenvalue weighted by atomic mass is 35.5. The molecule has 6 nitrogen and oxygen atoms in total. The van der Waals surface area contributed by atoms with Crippen LogP contribution < -0.4 is 10.2 Å². The molecular formula is C19H16Cl2N4O2S. The molecule has 9 heteroatoms. The third-order valence-corrected chi connectivity index (χ3v) is 5.77. The van der Waals surface area contributed by atoms with Gasteiger partial charge in [-0.05, 0) is 61.8 Å². The number of thiocarbonyl (C=S) groups is 1. The van der Waals surface area contributed by atoms with Crippen LogP contribution in [0.15, 0.2) is 36.4 Å². The fourth-order valence-corrected chi connectivity index (χ4v) is 4.34. The van der Waals surface area contributed by atoms with Crippen molar-refractivity contribution in [3.8, 4) is 0 Å². The summed E-state index contributed by atoms with van der Waals surface area (Å²) in [7, 11) is 0. The number of rotatable bonds is 3. The summed E-state index contributed by atoms with van der Waals surface area (Å²) in [4.78, 5) is 32.6. The highest BCUT2D eigenvalue weighted by Gasteiger charge is 2.44. The monoisotopic (exact) mass is 434 g/mol. The van der Waals surface area contributed by atoms with Gasteiger partial charge in [-0.15, -0.1) is 0 Å². The summed E-state index contributed by atoms with van der Waals surface area (Å²) in [6.45, 7) is 0.782. The second kappa shape index (κ2) is 7.66. The minimum atomic E-state index is -0.406. The summed E-state index contributed by atoms with van der Waals surface area (Å²) in [5, 5.41) is 3.77. The number of nitrogens with one attached hydrogen (secondary N) is 1. The lowest BCUT2D eigenvalue weighted by Gasteiger charge is -2.28. The summed E-state index contributed by atoms with van der Waals surface area (Å²) in [6.07, 6.45) is 2.83. The van der Waals surface area contributed by atoms with Crippen LogP contribution in [-0.4, -0.2) is 39.4 Å². The van der Waals surface area contributed by atoms with Gasteiger partial charge in [-0.25, -0.2) is 4.98 Å². The van der Waals surface area contributed by atoms with Crippen LogP contribution in [0.5, 0.6) is 0 Å². The summed E-state index contributed by atoms with van der Waals surface area (Å²) in [6, 6.07) is 9.55. The molecule has 1 aromatic carbocycles. The van der Waals surface area contributed by atoms with Crippen LogP contribution in [0.4, 0.5) is 11.4 Å². The number of amides is 2. The van der Waals surface area contributed by atoms with Crippen molar-refractivity contribution in [2.24, 2.45) is 0 Å². The molecule has 0 aliphatic carbocycles. The Kier molecular flexibility index (Phi) is 5.23. The van der Waals surface area contributed by atoms with E-state index in [1.165, 1.54) is 4.90 Å². The van der Waals surface area contributed by atoms with Crippen molar-refractivity contribution in [1.82, 2.24) is 9.88 Å². The van der Waals surface area contributed by atoms with E-state index in [2.05, 4.69) is 10.3 Å². The molecule has 2 aliphatic heterocycles. The zero-order valence-corrected chi connectivity index (χ0v) is 17.0. The maximum Gasteiger partial charge on any atom is 0.274 e. The van der Waals surface area contributed by atoms with Crippen LogP contribution >= 0.6 is 35.4 Å². The SMILES string of the molecule is O=C(Nc1ccc(N2C(=O)C3CCCCN3C2=S)c(Cl)c1)c1cccc(Cl)n1. The first-order valence-corrected chi connectivity index (χ1v) is 10.00. The van der Waals surface area contributed by atoms with Crippen molar-refractivity contribution in [1.29, 1.82) is 0 Å². The number of pyridine rings is 1. The van der Waals surface area contributed by atoms with E-state index in [9.17, 15) is 9.59 Å². The van der Waals surface area contributed by atoms with Crippen molar-refractivity contribution < 1.29 is 9.59 Å². The van der Waals surface area contributed by atoms with E-state index in [1.807, 2.05) is 4.90 Å². The fraction of sp³-hybridized carbons (Fsp3) is 0.263. The number of carbonyl (C=O) groups excluding carboxylic acids is 2. The van der Waals surface area contributed by atoms with Crippen LogP contribution in [0.1, 0.15) is 29.8 Å². The molecule has 28 heavy (non-hydrogen) atoms. The maximum atomic E-state index is 12.8. The van der Waals surface area contributed by atoms with Gasteiger partial charge in [-0.2, -0.15) is 0 Å². The smallest absolute Gasteiger partial charge is 0.274 e. The van der Waals surface area contributed by atoms with E-state index in [4.69, 9.17) is 35.4 Å². The van der Waals surface area contributed by atoms with Crippen molar-refractivity contribution in [2.75, 3.05) is 16.8 Å². The van der Waals surface area contributed by atoms with Crippen LogP contribution in [0.3, 0.4) is 0 Å². The zero-order chi connectivity index (χ0) is 19.8. The van der Waals surface area contributed by atoms with E-state index in [0.717, 1.165) is 25.8 Å². The molecule has 0 radical (unpaired) electrons. The third kappa shape index (κ3) is 3.45. The van der Waals surface area contributed by atoms with Crippen molar-refractivity contribution in [3.63, 3.8) is 0 Å². The van der Waals surface area contributed by atoms with E-state index >= 15 is 0 Å². The first kappa shape index (κ1) is 19.1. The van der Waals surface area contributed by atoms with E-state index < -0.39 is 5.91 Å². The number of fused-ring (bicyclic) bond motifs is 1. The minimum absolute atomic E-state index is 0.0495.